The molecule has 0 aromatic rings. The minimum atomic E-state index is 0.338. The van der Waals surface area contributed by atoms with Gasteiger partial charge in [-0.2, -0.15) is 0 Å². The van der Waals surface area contributed by atoms with Crippen molar-refractivity contribution in [2.75, 3.05) is 32.8 Å². The maximum Gasteiger partial charge on any atom is 0.0808 e. The zero-order chi connectivity index (χ0) is 15.6. The van der Waals surface area contributed by atoms with E-state index in [0.717, 1.165) is 30.7 Å². The van der Waals surface area contributed by atoms with Gasteiger partial charge in [0.15, 0.2) is 0 Å². The minimum absolute atomic E-state index is 0.338. The molecule has 0 fully saturated rings. The van der Waals surface area contributed by atoms with E-state index in [0.29, 0.717) is 6.61 Å². The summed E-state index contributed by atoms with van der Waals surface area (Å²) >= 11 is 0. The first-order chi connectivity index (χ1) is 9.31. The van der Waals surface area contributed by atoms with Crippen molar-refractivity contribution in [2.45, 2.75) is 67.2 Å². The van der Waals surface area contributed by atoms with Gasteiger partial charge in [-0.05, 0) is 37.0 Å². The molecule has 0 radical (unpaired) electrons. The van der Waals surface area contributed by atoms with Crippen molar-refractivity contribution in [3.63, 3.8) is 0 Å². The lowest BCUT2D eigenvalue weighted by Crippen LogP contribution is -2.52. The molecule has 0 saturated carbocycles. The summed E-state index contributed by atoms with van der Waals surface area (Å²) in [4.78, 5) is 0. The average Bonchev–Trinajstić information content (AvgIpc) is 2.36. The summed E-state index contributed by atoms with van der Waals surface area (Å²) in [5.41, 5.74) is 0. The second kappa shape index (κ2) is 10.6. The molecule has 2 nitrogen and oxygen atoms in total. The number of quaternary nitrogens is 1. The van der Waals surface area contributed by atoms with Crippen molar-refractivity contribution in [1.29, 1.82) is 0 Å². The van der Waals surface area contributed by atoms with Crippen LogP contribution in [0.5, 0.6) is 0 Å². The molecule has 0 aromatic carbocycles. The molecule has 0 aliphatic carbocycles. The quantitative estimate of drug-likeness (QED) is 0.530. The van der Waals surface area contributed by atoms with E-state index in [4.69, 9.17) is 0 Å². The Kier molecular flexibility index (Phi) is 10.6. The average molecular weight is 287 g/mol. The van der Waals surface area contributed by atoms with Crippen LogP contribution in [0.3, 0.4) is 0 Å². The van der Waals surface area contributed by atoms with Crippen LogP contribution in [0.4, 0.5) is 0 Å². The smallest absolute Gasteiger partial charge is 0.0808 e. The van der Waals surface area contributed by atoms with Crippen LogP contribution < -0.4 is 0 Å². The van der Waals surface area contributed by atoms with Crippen LogP contribution in [0.25, 0.3) is 0 Å². The first kappa shape index (κ1) is 19.9. The molecule has 0 atom stereocenters. The number of hydrogen-bond donors (Lipinski definition) is 1. The summed E-state index contributed by atoms with van der Waals surface area (Å²) in [7, 11) is 0. The molecule has 0 spiro atoms. The van der Waals surface area contributed by atoms with E-state index in [2.05, 4.69) is 41.5 Å². The Bertz CT molecular complexity index is 192. The van der Waals surface area contributed by atoms with Crippen molar-refractivity contribution >= 4 is 0 Å². The molecule has 0 aromatic heterocycles. The lowest BCUT2D eigenvalue weighted by molar-refractivity contribution is -0.929. The lowest BCUT2D eigenvalue weighted by atomic mass is 10.0. The van der Waals surface area contributed by atoms with Crippen molar-refractivity contribution in [3.8, 4) is 0 Å². The first-order valence-corrected chi connectivity index (χ1v) is 8.77. The van der Waals surface area contributed by atoms with Crippen molar-refractivity contribution in [2.24, 2.45) is 17.8 Å². The van der Waals surface area contributed by atoms with E-state index in [9.17, 15) is 5.11 Å². The summed E-state index contributed by atoms with van der Waals surface area (Å²) in [6, 6.07) is 0. The summed E-state index contributed by atoms with van der Waals surface area (Å²) in [5.74, 6) is 2.33. The second-order valence-electron chi connectivity index (χ2n) is 7.86. The summed E-state index contributed by atoms with van der Waals surface area (Å²) in [6.45, 7) is 19.3. The Morgan fingerprint density at radius 3 is 1.25 bits per heavy atom. The van der Waals surface area contributed by atoms with E-state index in [1.54, 1.807) is 0 Å². The highest BCUT2D eigenvalue weighted by Gasteiger charge is 2.27. The number of aliphatic hydroxyl groups excluding tert-OH is 1. The first-order valence-electron chi connectivity index (χ1n) is 8.77. The topological polar surface area (TPSA) is 20.2 Å². The number of rotatable bonds is 12. The van der Waals surface area contributed by atoms with Gasteiger partial charge in [-0.1, -0.05) is 41.5 Å². The highest BCUT2D eigenvalue weighted by Crippen LogP contribution is 2.19. The van der Waals surface area contributed by atoms with E-state index < -0.39 is 0 Å². The Morgan fingerprint density at radius 2 is 1.00 bits per heavy atom. The molecule has 0 unspecified atom stereocenters. The maximum atomic E-state index is 9.25. The third-order valence-electron chi connectivity index (χ3n) is 4.33. The lowest BCUT2D eigenvalue weighted by Gasteiger charge is -2.40. The van der Waals surface area contributed by atoms with Gasteiger partial charge in [-0.15, -0.1) is 0 Å². The van der Waals surface area contributed by atoms with Gasteiger partial charge in [0.1, 0.15) is 0 Å². The monoisotopic (exact) mass is 286 g/mol. The predicted molar refractivity (Wildman–Crippen MR) is 89.8 cm³/mol. The largest absolute Gasteiger partial charge is 0.396 e. The summed E-state index contributed by atoms with van der Waals surface area (Å²) in [5, 5.41) is 9.25. The SMILES string of the molecule is CC(C)CC[N+](CCCO)(CCC(C)C)CCC(C)C. The maximum absolute atomic E-state index is 9.25. The van der Waals surface area contributed by atoms with Crippen LogP contribution in [0.1, 0.15) is 67.2 Å². The Labute approximate surface area is 128 Å². The zero-order valence-corrected chi connectivity index (χ0v) is 15.0. The molecular formula is C18H40NO+. The molecule has 0 amide bonds. The van der Waals surface area contributed by atoms with E-state index in [1.165, 1.54) is 43.4 Å². The summed E-state index contributed by atoms with van der Waals surface area (Å²) in [6.07, 6.45) is 4.87. The van der Waals surface area contributed by atoms with E-state index >= 15 is 0 Å². The van der Waals surface area contributed by atoms with Crippen LogP contribution in [0.2, 0.25) is 0 Å². The van der Waals surface area contributed by atoms with Gasteiger partial charge in [0.25, 0.3) is 0 Å². The van der Waals surface area contributed by atoms with Crippen LogP contribution in [0, 0.1) is 17.8 Å². The number of aliphatic hydroxyl groups is 1. The van der Waals surface area contributed by atoms with Gasteiger partial charge in [0, 0.05) is 13.0 Å². The molecule has 0 aliphatic heterocycles. The van der Waals surface area contributed by atoms with Crippen LogP contribution in [-0.2, 0) is 0 Å². The fourth-order valence-electron chi connectivity index (χ4n) is 2.67. The fourth-order valence-corrected chi connectivity index (χ4v) is 2.67. The van der Waals surface area contributed by atoms with Gasteiger partial charge in [0.2, 0.25) is 0 Å². The van der Waals surface area contributed by atoms with E-state index in [1.807, 2.05) is 0 Å². The molecule has 0 rings (SSSR count). The van der Waals surface area contributed by atoms with Gasteiger partial charge >= 0.3 is 0 Å². The predicted octanol–water partition coefficient (Wildman–Crippen LogP) is 4.32. The van der Waals surface area contributed by atoms with Gasteiger partial charge in [0.05, 0.1) is 26.2 Å². The molecule has 0 aliphatic rings. The molecule has 20 heavy (non-hydrogen) atoms. The van der Waals surface area contributed by atoms with E-state index in [-0.39, 0.29) is 0 Å². The highest BCUT2D eigenvalue weighted by atomic mass is 16.3. The normalized spacial score (nSPS) is 12.9. The van der Waals surface area contributed by atoms with Crippen molar-refractivity contribution in [3.05, 3.63) is 0 Å². The van der Waals surface area contributed by atoms with Crippen molar-refractivity contribution < 1.29 is 9.59 Å². The highest BCUT2D eigenvalue weighted by molar-refractivity contribution is 4.55. The molecule has 2 heteroatoms. The summed E-state index contributed by atoms with van der Waals surface area (Å²) < 4.78 is 1.23. The fraction of sp³-hybridized carbons (Fsp3) is 1.00. The zero-order valence-electron chi connectivity index (χ0n) is 15.0. The molecular weight excluding hydrogens is 246 g/mol. The number of nitrogens with zero attached hydrogens (tertiary/aromatic N) is 1. The van der Waals surface area contributed by atoms with Gasteiger partial charge in [-0.3, -0.25) is 0 Å². The third-order valence-corrected chi connectivity index (χ3v) is 4.33. The molecule has 0 saturated heterocycles. The molecule has 0 bridgehead atoms. The Hall–Kier alpha value is -0.0800. The molecule has 122 valence electrons. The van der Waals surface area contributed by atoms with Crippen LogP contribution >= 0.6 is 0 Å². The standard InChI is InChI=1S/C18H40NO/c1-16(2)8-12-19(11-7-15-20,13-9-17(3)4)14-10-18(5)6/h16-18,20H,7-15H2,1-6H3/q+1. The minimum Gasteiger partial charge on any atom is -0.396 e. The second-order valence-corrected chi connectivity index (χ2v) is 7.86. The van der Waals surface area contributed by atoms with Crippen LogP contribution in [0.15, 0.2) is 0 Å². The Balaban J connectivity index is 4.74. The van der Waals surface area contributed by atoms with Gasteiger partial charge < -0.3 is 9.59 Å². The van der Waals surface area contributed by atoms with Gasteiger partial charge in [-0.25, -0.2) is 0 Å². The number of hydrogen-bond acceptors (Lipinski definition) is 1. The Morgan fingerprint density at radius 1 is 0.650 bits per heavy atom. The van der Waals surface area contributed by atoms with Crippen molar-refractivity contribution in [1.82, 2.24) is 0 Å². The van der Waals surface area contributed by atoms with Crippen LogP contribution in [-0.4, -0.2) is 42.4 Å². The third kappa shape index (κ3) is 9.77. The molecule has 1 N–H and O–H groups in total. The molecule has 0 heterocycles.